The molecule has 34 heavy (non-hydrogen) atoms. The van der Waals surface area contributed by atoms with Gasteiger partial charge in [0, 0.05) is 0 Å². The van der Waals surface area contributed by atoms with E-state index in [0.29, 0.717) is 19.3 Å². The summed E-state index contributed by atoms with van der Waals surface area (Å²) in [4.78, 5) is 26.0. The van der Waals surface area contributed by atoms with Crippen molar-refractivity contribution in [3.63, 3.8) is 0 Å². The first-order chi connectivity index (χ1) is 15.5. The van der Waals surface area contributed by atoms with E-state index < -0.39 is 16.6 Å². The van der Waals surface area contributed by atoms with Crippen molar-refractivity contribution in [2.45, 2.75) is 98.7 Å². The molecule has 0 fully saturated rings. The summed E-state index contributed by atoms with van der Waals surface area (Å²) in [6, 6.07) is 11.4. The molecule has 3 atom stereocenters. The number of rotatable bonds is 8. The molecule has 0 aliphatic rings. The largest absolute Gasteiger partial charge is 0.508 e. The summed E-state index contributed by atoms with van der Waals surface area (Å²) >= 11 is 0. The fourth-order valence-electron chi connectivity index (χ4n) is 4.09. The zero-order chi connectivity index (χ0) is 25.9. The van der Waals surface area contributed by atoms with Crippen molar-refractivity contribution in [3.05, 3.63) is 42.0 Å². The zero-order valence-electron chi connectivity index (χ0n) is 22.3. The average Bonchev–Trinajstić information content (AvgIpc) is 2.70. The Kier molecular flexibility index (Phi) is 8.44. The average molecular weight is 471 g/mol. The Morgan fingerprint density at radius 3 is 2.00 bits per heavy atom. The van der Waals surface area contributed by atoms with E-state index in [9.17, 15) is 14.7 Å². The molecule has 0 bridgehead atoms. The molecule has 0 saturated carbocycles. The van der Waals surface area contributed by atoms with Gasteiger partial charge in [0.05, 0.1) is 11.3 Å². The lowest BCUT2D eigenvalue weighted by Gasteiger charge is -2.34. The van der Waals surface area contributed by atoms with Crippen molar-refractivity contribution in [1.82, 2.24) is 0 Å². The quantitative estimate of drug-likeness (QED) is 0.415. The molecular formula is C29H42O5. The Bertz CT molecular complexity index is 1010. The first kappa shape index (κ1) is 27.7. The smallest absolute Gasteiger partial charge is 0.312 e. The van der Waals surface area contributed by atoms with Crippen LogP contribution in [-0.2, 0) is 19.1 Å². The summed E-state index contributed by atoms with van der Waals surface area (Å²) < 4.78 is 11.4. The highest BCUT2D eigenvalue weighted by Gasteiger charge is 2.39. The van der Waals surface area contributed by atoms with E-state index in [0.717, 1.165) is 16.3 Å². The lowest BCUT2D eigenvalue weighted by molar-refractivity contribution is -0.167. The third kappa shape index (κ3) is 7.75. The molecule has 0 aliphatic heterocycles. The van der Waals surface area contributed by atoms with E-state index in [1.165, 1.54) is 0 Å². The molecule has 188 valence electrons. The number of phenolic OH excluding ortho intramolecular Hbond substituents is 1. The van der Waals surface area contributed by atoms with E-state index in [2.05, 4.69) is 6.07 Å². The van der Waals surface area contributed by atoms with Crippen molar-refractivity contribution in [2.75, 3.05) is 0 Å². The molecule has 0 aromatic heterocycles. The van der Waals surface area contributed by atoms with Crippen LogP contribution in [-0.4, -0.2) is 28.2 Å². The third-order valence-electron chi connectivity index (χ3n) is 6.14. The predicted molar refractivity (Wildman–Crippen MR) is 137 cm³/mol. The van der Waals surface area contributed by atoms with Crippen molar-refractivity contribution in [3.8, 4) is 5.75 Å². The van der Waals surface area contributed by atoms with Crippen LogP contribution in [0.4, 0.5) is 0 Å². The van der Waals surface area contributed by atoms with E-state index in [4.69, 9.17) is 9.47 Å². The highest BCUT2D eigenvalue weighted by molar-refractivity contribution is 5.84. The van der Waals surface area contributed by atoms with Gasteiger partial charge in [-0.05, 0) is 102 Å². The second-order valence-corrected chi connectivity index (χ2v) is 11.8. The van der Waals surface area contributed by atoms with Crippen LogP contribution in [0.1, 0.15) is 93.1 Å². The van der Waals surface area contributed by atoms with Crippen molar-refractivity contribution in [2.24, 2.45) is 11.3 Å². The lowest BCUT2D eigenvalue weighted by atomic mass is 9.73. The summed E-state index contributed by atoms with van der Waals surface area (Å²) in [7, 11) is 0. The molecule has 2 aromatic carbocycles. The van der Waals surface area contributed by atoms with Gasteiger partial charge in [-0.2, -0.15) is 0 Å². The number of carbonyl (C=O) groups is 2. The molecule has 0 aliphatic carbocycles. The van der Waals surface area contributed by atoms with E-state index in [-0.39, 0.29) is 29.5 Å². The molecule has 0 amide bonds. The summed E-state index contributed by atoms with van der Waals surface area (Å²) in [6.07, 6.45) is 1.73. The monoisotopic (exact) mass is 470 g/mol. The van der Waals surface area contributed by atoms with E-state index in [1.807, 2.05) is 80.5 Å². The van der Waals surface area contributed by atoms with E-state index in [1.54, 1.807) is 12.1 Å². The van der Waals surface area contributed by atoms with Crippen LogP contribution in [0.2, 0.25) is 0 Å². The molecule has 0 saturated heterocycles. The van der Waals surface area contributed by atoms with Gasteiger partial charge in [-0.25, -0.2) is 0 Å². The van der Waals surface area contributed by atoms with Crippen LogP contribution in [0.25, 0.3) is 10.8 Å². The number of hydrogen-bond donors (Lipinski definition) is 1. The highest BCUT2D eigenvalue weighted by atomic mass is 16.6. The van der Waals surface area contributed by atoms with Crippen molar-refractivity contribution in [1.29, 1.82) is 0 Å². The number of aromatic hydroxyl groups is 1. The van der Waals surface area contributed by atoms with Crippen LogP contribution in [0, 0.1) is 11.3 Å². The van der Waals surface area contributed by atoms with Crippen molar-refractivity contribution < 1.29 is 24.2 Å². The Morgan fingerprint density at radius 2 is 1.44 bits per heavy atom. The SMILES string of the molecule is CCC(C)(CC(CC(C)C(=O)OC(C)(C)C)c1ccc2cc(O)ccc2c1)C(=O)OC(C)(C)C. The molecule has 2 rings (SSSR count). The van der Waals surface area contributed by atoms with Gasteiger partial charge in [-0.15, -0.1) is 0 Å². The van der Waals surface area contributed by atoms with Gasteiger partial charge < -0.3 is 14.6 Å². The highest BCUT2D eigenvalue weighted by Crippen LogP contribution is 2.41. The van der Waals surface area contributed by atoms with Crippen LogP contribution in [0.5, 0.6) is 5.75 Å². The molecule has 5 heteroatoms. The first-order valence-electron chi connectivity index (χ1n) is 12.2. The number of phenols is 1. The van der Waals surface area contributed by atoms with Gasteiger partial charge in [0.25, 0.3) is 0 Å². The number of hydrogen-bond acceptors (Lipinski definition) is 5. The van der Waals surface area contributed by atoms with Crippen LogP contribution in [0.15, 0.2) is 36.4 Å². The Hall–Kier alpha value is -2.56. The Balaban J connectivity index is 2.43. The normalized spacial score (nSPS) is 15.9. The summed E-state index contributed by atoms with van der Waals surface area (Å²) in [5, 5.41) is 11.8. The second-order valence-electron chi connectivity index (χ2n) is 11.8. The molecular weight excluding hydrogens is 428 g/mol. The first-order valence-corrected chi connectivity index (χ1v) is 12.2. The lowest BCUT2D eigenvalue weighted by Crippen LogP contribution is -2.37. The maximum atomic E-state index is 13.2. The van der Waals surface area contributed by atoms with Gasteiger partial charge >= 0.3 is 11.9 Å². The fourth-order valence-corrected chi connectivity index (χ4v) is 4.09. The topological polar surface area (TPSA) is 72.8 Å². The van der Waals surface area contributed by atoms with Gasteiger partial charge in [0.1, 0.15) is 17.0 Å². The second kappa shape index (κ2) is 10.4. The Morgan fingerprint density at radius 1 is 0.882 bits per heavy atom. The number of ether oxygens (including phenoxy) is 2. The standard InChI is InChI=1S/C29H42O5/c1-10-29(9,26(32)34-28(6,7)8)18-23(15-19(2)25(31)33-27(3,4)5)21-11-12-22-17-24(30)14-13-20(22)16-21/h11-14,16-17,19,23,30H,10,15,18H2,1-9H3. The van der Waals surface area contributed by atoms with Crippen LogP contribution in [0.3, 0.4) is 0 Å². The molecule has 3 unspecified atom stereocenters. The number of benzene rings is 2. The van der Waals surface area contributed by atoms with Gasteiger partial charge in [-0.3, -0.25) is 9.59 Å². The molecule has 5 nitrogen and oxygen atoms in total. The van der Waals surface area contributed by atoms with Gasteiger partial charge in [-0.1, -0.05) is 38.1 Å². The molecule has 0 spiro atoms. The van der Waals surface area contributed by atoms with E-state index >= 15 is 0 Å². The number of fused-ring (bicyclic) bond motifs is 1. The van der Waals surface area contributed by atoms with Crippen LogP contribution >= 0.6 is 0 Å². The van der Waals surface area contributed by atoms with Crippen molar-refractivity contribution >= 4 is 22.7 Å². The minimum absolute atomic E-state index is 0.0572. The minimum Gasteiger partial charge on any atom is -0.508 e. The maximum Gasteiger partial charge on any atom is 0.312 e. The molecule has 2 aromatic rings. The summed E-state index contributed by atoms with van der Waals surface area (Å²) in [6.45, 7) is 17.1. The van der Waals surface area contributed by atoms with Crippen LogP contribution < -0.4 is 0 Å². The molecule has 0 heterocycles. The molecule has 0 radical (unpaired) electrons. The summed E-state index contributed by atoms with van der Waals surface area (Å²) in [5.41, 5.74) is -0.773. The third-order valence-corrected chi connectivity index (χ3v) is 6.14. The van der Waals surface area contributed by atoms with Gasteiger partial charge in [0.2, 0.25) is 0 Å². The molecule has 1 N–H and O–H groups in total. The summed E-state index contributed by atoms with van der Waals surface area (Å²) in [5.74, 6) is -0.627. The maximum absolute atomic E-state index is 13.2. The van der Waals surface area contributed by atoms with Gasteiger partial charge in [0.15, 0.2) is 0 Å². The number of esters is 2. The zero-order valence-corrected chi connectivity index (χ0v) is 22.3. The fraction of sp³-hybridized carbons (Fsp3) is 0.586. The number of carbonyl (C=O) groups excluding carboxylic acids is 2. The predicted octanol–water partition coefficient (Wildman–Crippen LogP) is 7.15. The Labute approximate surface area is 204 Å². The minimum atomic E-state index is -0.699.